The van der Waals surface area contributed by atoms with Crippen LogP contribution in [0.25, 0.3) is 6.08 Å². The summed E-state index contributed by atoms with van der Waals surface area (Å²) in [6.07, 6.45) is 2.68. The number of hydrogen-bond acceptors (Lipinski definition) is 4. The summed E-state index contributed by atoms with van der Waals surface area (Å²) in [4.78, 5) is 13.2. The Hall–Kier alpha value is -1.86. The molecule has 2 aromatic carbocycles. The number of benzene rings is 2. The van der Waals surface area contributed by atoms with Crippen molar-refractivity contribution >= 4 is 50.2 Å². The third-order valence-corrected chi connectivity index (χ3v) is 6.57. The number of allylic oxidation sites excluding steroid dienone is 1. The SMILES string of the molecule is O=C(Cl)C=Cc1cccc(S(=O)(=O)N2CCN(c3cccc(Cl)c3)CC2)c1. The summed E-state index contributed by atoms with van der Waals surface area (Å²) in [5.74, 6) is 0. The van der Waals surface area contributed by atoms with Crippen molar-refractivity contribution in [2.24, 2.45) is 0 Å². The number of anilines is 1. The van der Waals surface area contributed by atoms with Crippen LogP contribution < -0.4 is 4.90 Å². The van der Waals surface area contributed by atoms with Crippen LogP contribution in [0.4, 0.5) is 5.69 Å². The van der Waals surface area contributed by atoms with E-state index in [1.807, 2.05) is 24.3 Å². The van der Waals surface area contributed by atoms with Gasteiger partial charge in [-0.25, -0.2) is 8.42 Å². The molecule has 0 aliphatic carbocycles. The second-order valence-electron chi connectivity index (χ2n) is 6.08. The molecule has 0 N–H and O–H groups in total. The molecule has 0 bridgehead atoms. The molecular formula is C19H18Cl2N2O3S. The standard InChI is InChI=1S/C19H18Cl2N2O3S/c20-16-4-2-5-17(14-16)22-9-11-23(12-10-22)27(25,26)18-6-1-3-15(13-18)7-8-19(21)24/h1-8,13-14H,9-12H2. The van der Waals surface area contributed by atoms with Crippen molar-refractivity contribution in [2.75, 3.05) is 31.1 Å². The van der Waals surface area contributed by atoms with Gasteiger partial charge in [-0.15, -0.1) is 0 Å². The molecule has 0 aromatic heterocycles. The van der Waals surface area contributed by atoms with E-state index in [1.54, 1.807) is 18.2 Å². The summed E-state index contributed by atoms with van der Waals surface area (Å²) in [5.41, 5.74) is 1.58. The van der Waals surface area contributed by atoms with E-state index >= 15 is 0 Å². The molecule has 1 saturated heterocycles. The van der Waals surface area contributed by atoms with E-state index in [2.05, 4.69) is 4.90 Å². The molecule has 0 radical (unpaired) electrons. The van der Waals surface area contributed by atoms with Crippen LogP contribution in [0.15, 0.2) is 59.5 Å². The summed E-state index contributed by atoms with van der Waals surface area (Å²) in [6.45, 7) is 1.93. The maximum atomic E-state index is 12.9. The molecule has 27 heavy (non-hydrogen) atoms. The van der Waals surface area contributed by atoms with Crippen LogP contribution >= 0.6 is 23.2 Å². The predicted octanol–water partition coefficient (Wildman–Crippen LogP) is 3.63. The van der Waals surface area contributed by atoms with Crippen molar-refractivity contribution < 1.29 is 13.2 Å². The number of hydrogen-bond donors (Lipinski definition) is 0. The molecule has 1 aliphatic heterocycles. The van der Waals surface area contributed by atoms with E-state index < -0.39 is 15.3 Å². The summed E-state index contributed by atoms with van der Waals surface area (Å²) in [7, 11) is -3.61. The van der Waals surface area contributed by atoms with Gasteiger partial charge in [0.2, 0.25) is 15.3 Å². The second-order valence-corrected chi connectivity index (χ2v) is 8.83. The number of sulfonamides is 1. The van der Waals surface area contributed by atoms with Gasteiger partial charge in [0.15, 0.2) is 0 Å². The number of rotatable bonds is 5. The van der Waals surface area contributed by atoms with Crippen molar-refractivity contribution in [2.45, 2.75) is 4.90 Å². The van der Waals surface area contributed by atoms with Crippen molar-refractivity contribution in [1.29, 1.82) is 0 Å². The summed E-state index contributed by atoms with van der Waals surface area (Å²) < 4.78 is 27.4. The van der Waals surface area contributed by atoms with Crippen LogP contribution in [0.1, 0.15) is 5.56 Å². The second kappa shape index (κ2) is 8.44. The van der Waals surface area contributed by atoms with Crippen molar-refractivity contribution in [3.63, 3.8) is 0 Å². The fraction of sp³-hybridized carbons (Fsp3) is 0.211. The van der Waals surface area contributed by atoms with Gasteiger partial charge in [0.05, 0.1) is 4.90 Å². The zero-order valence-corrected chi connectivity index (χ0v) is 16.7. The monoisotopic (exact) mass is 424 g/mol. The first-order valence-corrected chi connectivity index (χ1v) is 10.5. The van der Waals surface area contributed by atoms with E-state index in [4.69, 9.17) is 23.2 Å². The van der Waals surface area contributed by atoms with E-state index in [1.165, 1.54) is 22.5 Å². The zero-order chi connectivity index (χ0) is 19.4. The van der Waals surface area contributed by atoms with Gasteiger partial charge in [-0.3, -0.25) is 4.79 Å². The molecule has 0 amide bonds. The minimum Gasteiger partial charge on any atom is -0.369 e. The van der Waals surface area contributed by atoms with Gasteiger partial charge in [0.1, 0.15) is 0 Å². The molecule has 2 aromatic rings. The van der Waals surface area contributed by atoms with Gasteiger partial charge < -0.3 is 4.90 Å². The van der Waals surface area contributed by atoms with Gasteiger partial charge in [-0.05, 0) is 53.6 Å². The van der Waals surface area contributed by atoms with Crippen LogP contribution in [-0.4, -0.2) is 44.1 Å². The Morgan fingerprint density at radius 1 is 1.00 bits per heavy atom. The highest BCUT2D eigenvalue weighted by atomic mass is 35.5. The number of carbonyl (C=O) groups is 1. The lowest BCUT2D eigenvalue weighted by Gasteiger charge is -2.35. The predicted molar refractivity (Wildman–Crippen MR) is 109 cm³/mol. The minimum absolute atomic E-state index is 0.197. The van der Waals surface area contributed by atoms with Crippen LogP contribution in [0.5, 0.6) is 0 Å². The molecule has 1 fully saturated rings. The highest BCUT2D eigenvalue weighted by Gasteiger charge is 2.28. The number of piperazine rings is 1. The molecule has 0 saturated carbocycles. The number of carbonyl (C=O) groups excluding carboxylic acids is 1. The summed E-state index contributed by atoms with van der Waals surface area (Å²) >= 11 is 11.3. The van der Waals surface area contributed by atoms with Gasteiger partial charge in [-0.2, -0.15) is 4.31 Å². The zero-order valence-electron chi connectivity index (χ0n) is 14.4. The maximum absolute atomic E-state index is 12.9. The largest absolute Gasteiger partial charge is 0.369 e. The Balaban J connectivity index is 1.73. The smallest absolute Gasteiger partial charge is 0.245 e. The van der Waals surface area contributed by atoms with E-state index in [9.17, 15) is 13.2 Å². The molecule has 1 aliphatic rings. The van der Waals surface area contributed by atoms with E-state index in [0.29, 0.717) is 36.8 Å². The molecule has 0 spiro atoms. The molecule has 8 heteroatoms. The van der Waals surface area contributed by atoms with E-state index in [-0.39, 0.29) is 4.90 Å². The molecule has 0 atom stereocenters. The Bertz CT molecular complexity index is 968. The molecular weight excluding hydrogens is 407 g/mol. The Morgan fingerprint density at radius 2 is 1.70 bits per heavy atom. The Morgan fingerprint density at radius 3 is 2.37 bits per heavy atom. The van der Waals surface area contributed by atoms with Crippen LogP contribution in [0, 0.1) is 0 Å². The lowest BCUT2D eigenvalue weighted by atomic mass is 10.2. The average molecular weight is 425 g/mol. The summed E-state index contributed by atoms with van der Waals surface area (Å²) in [5, 5.41) is 0.0447. The van der Waals surface area contributed by atoms with Gasteiger partial charge in [0.25, 0.3) is 0 Å². The van der Waals surface area contributed by atoms with Crippen molar-refractivity contribution in [1.82, 2.24) is 4.31 Å². The first-order valence-electron chi connectivity index (χ1n) is 8.34. The molecule has 142 valence electrons. The topological polar surface area (TPSA) is 57.7 Å². The Labute approximate surface area is 168 Å². The fourth-order valence-electron chi connectivity index (χ4n) is 2.95. The lowest BCUT2D eigenvalue weighted by Crippen LogP contribution is -2.48. The van der Waals surface area contributed by atoms with Gasteiger partial charge in [-0.1, -0.05) is 35.9 Å². The normalized spacial score (nSPS) is 16.0. The first-order chi connectivity index (χ1) is 12.9. The van der Waals surface area contributed by atoms with Crippen molar-refractivity contribution in [3.05, 3.63) is 65.2 Å². The molecule has 5 nitrogen and oxygen atoms in total. The molecule has 0 unspecified atom stereocenters. The van der Waals surface area contributed by atoms with Crippen LogP contribution in [0.2, 0.25) is 5.02 Å². The highest BCUT2D eigenvalue weighted by Crippen LogP contribution is 2.24. The lowest BCUT2D eigenvalue weighted by molar-refractivity contribution is -0.107. The third kappa shape index (κ3) is 4.90. The highest BCUT2D eigenvalue weighted by molar-refractivity contribution is 7.89. The minimum atomic E-state index is -3.61. The number of halogens is 2. The maximum Gasteiger partial charge on any atom is 0.245 e. The molecule has 3 rings (SSSR count). The Kier molecular flexibility index (Phi) is 6.22. The van der Waals surface area contributed by atoms with E-state index in [0.717, 1.165) is 5.69 Å². The third-order valence-electron chi connectivity index (χ3n) is 4.31. The summed E-state index contributed by atoms with van der Waals surface area (Å²) in [6, 6.07) is 14.0. The van der Waals surface area contributed by atoms with Gasteiger partial charge in [0, 0.05) is 36.9 Å². The quantitative estimate of drug-likeness (QED) is 0.542. The van der Waals surface area contributed by atoms with Crippen LogP contribution in [0.3, 0.4) is 0 Å². The van der Waals surface area contributed by atoms with Gasteiger partial charge >= 0.3 is 0 Å². The number of nitrogens with zero attached hydrogens (tertiary/aromatic N) is 2. The first kappa shape index (κ1) is 19.9. The molecule has 1 heterocycles. The van der Waals surface area contributed by atoms with Crippen molar-refractivity contribution in [3.8, 4) is 0 Å². The average Bonchev–Trinajstić information content (AvgIpc) is 2.67. The fourth-order valence-corrected chi connectivity index (χ4v) is 4.67. The van der Waals surface area contributed by atoms with Crippen LogP contribution in [-0.2, 0) is 14.8 Å².